The molecule has 0 aliphatic heterocycles. The Bertz CT molecular complexity index is 699. The fraction of sp³-hybridized carbons (Fsp3) is 0.0588. The molecular weight excluding hydrogens is 391 g/mol. The number of nitrogens with zero attached hydrogens (tertiary/aromatic N) is 1. The molecule has 4 nitrogen and oxygen atoms in total. The summed E-state index contributed by atoms with van der Waals surface area (Å²) in [6.45, 7) is 4.03. The number of hydrazone groups is 1. The maximum absolute atomic E-state index is 12.0. The van der Waals surface area contributed by atoms with Crippen LogP contribution in [-0.4, -0.2) is 18.7 Å². The highest BCUT2D eigenvalue weighted by Crippen LogP contribution is 2.15. The predicted molar refractivity (Wildman–Crippen MR) is 96.4 cm³/mol. The number of hydrogen-bond donors (Lipinski definition) is 1. The number of amides is 1. The number of carbonyl (C=O) groups excluding carboxylic acids is 1. The molecule has 0 saturated heterocycles. The molecule has 0 unspecified atom stereocenters. The summed E-state index contributed by atoms with van der Waals surface area (Å²) in [6, 6.07) is 14.8. The lowest BCUT2D eigenvalue weighted by molar-refractivity contribution is 0.0955. The number of para-hydroxylation sites is 1. The van der Waals surface area contributed by atoms with Crippen LogP contribution in [0.1, 0.15) is 15.9 Å². The van der Waals surface area contributed by atoms with Gasteiger partial charge in [-0.2, -0.15) is 5.10 Å². The Labute approximate surface area is 143 Å². The van der Waals surface area contributed by atoms with Crippen molar-refractivity contribution in [1.82, 2.24) is 5.43 Å². The van der Waals surface area contributed by atoms with Crippen molar-refractivity contribution < 1.29 is 9.53 Å². The minimum Gasteiger partial charge on any atom is -0.489 e. The second-order valence-corrected chi connectivity index (χ2v) is 5.59. The van der Waals surface area contributed by atoms with Gasteiger partial charge in [0.05, 0.1) is 6.21 Å². The summed E-state index contributed by atoms with van der Waals surface area (Å²) in [7, 11) is 0. The molecule has 1 N–H and O–H groups in total. The number of halogens is 1. The monoisotopic (exact) mass is 406 g/mol. The summed E-state index contributed by atoms with van der Waals surface area (Å²) in [6.07, 6.45) is 3.23. The largest absolute Gasteiger partial charge is 0.489 e. The van der Waals surface area contributed by atoms with Crippen molar-refractivity contribution in [3.63, 3.8) is 0 Å². The molecule has 0 radical (unpaired) electrons. The maximum Gasteiger partial charge on any atom is 0.271 e. The van der Waals surface area contributed by atoms with Gasteiger partial charge in [0, 0.05) is 14.7 Å². The minimum atomic E-state index is -0.251. The molecule has 112 valence electrons. The van der Waals surface area contributed by atoms with Gasteiger partial charge in [-0.05, 0) is 52.9 Å². The van der Waals surface area contributed by atoms with Gasteiger partial charge in [0.2, 0.25) is 0 Å². The summed E-state index contributed by atoms with van der Waals surface area (Å²) in [5, 5.41) is 3.98. The van der Waals surface area contributed by atoms with Crippen LogP contribution in [0.3, 0.4) is 0 Å². The zero-order valence-electron chi connectivity index (χ0n) is 11.8. The first-order valence-electron chi connectivity index (χ1n) is 6.62. The number of ether oxygens (including phenoxy) is 1. The Morgan fingerprint density at radius 3 is 2.86 bits per heavy atom. The van der Waals surface area contributed by atoms with Crippen LogP contribution >= 0.6 is 22.6 Å². The molecule has 2 aromatic rings. The van der Waals surface area contributed by atoms with Crippen molar-refractivity contribution in [1.29, 1.82) is 0 Å². The second kappa shape index (κ2) is 8.33. The summed E-state index contributed by atoms with van der Waals surface area (Å²) in [5.74, 6) is 0.439. The van der Waals surface area contributed by atoms with Crippen LogP contribution in [0.25, 0.3) is 0 Å². The molecule has 0 fully saturated rings. The molecule has 0 atom stereocenters. The van der Waals surface area contributed by atoms with E-state index in [0.717, 1.165) is 9.13 Å². The van der Waals surface area contributed by atoms with Crippen LogP contribution in [0.4, 0.5) is 0 Å². The zero-order valence-corrected chi connectivity index (χ0v) is 14.0. The van der Waals surface area contributed by atoms with Gasteiger partial charge in [-0.3, -0.25) is 4.79 Å². The molecule has 5 heteroatoms. The molecule has 0 aliphatic rings. The highest BCUT2D eigenvalue weighted by atomic mass is 127. The van der Waals surface area contributed by atoms with Crippen LogP contribution in [-0.2, 0) is 0 Å². The Morgan fingerprint density at radius 1 is 1.27 bits per heavy atom. The van der Waals surface area contributed by atoms with E-state index < -0.39 is 0 Å². The summed E-state index contributed by atoms with van der Waals surface area (Å²) < 4.78 is 6.52. The molecule has 2 rings (SSSR count). The molecule has 1 amide bonds. The first-order chi connectivity index (χ1) is 10.7. The standard InChI is InChI=1S/C17H15IN2O2/c1-2-10-22-16-9-4-3-6-14(16)12-19-20-17(21)13-7-5-8-15(18)11-13/h2-9,11-12H,1,10H2,(H,20,21). The molecule has 22 heavy (non-hydrogen) atoms. The number of hydrogen-bond acceptors (Lipinski definition) is 3. The van der Waals surface area contributed by atoms with E-state index in [2.05, 4.69) is 39.7 Å². The maximum atomic E-state index is 12.0. The average Bonchev–Trinajstić information content (AvgIpc) is 2.54. The molecular formula is C17H15IN2O2. The minimum absolute atomic E-state index is 0.251. The SMILES string of the molecule is C=CCOc1ccccc1C=NNC(=O)c1cccc(I)c1. The van der Waals surface area contributed by atoms with Crippen LogP contribution in [0.15, 0.2) is 66.3 Å². The van der Waals surface area contributed by atoms with E-state index in [1.807, 2.05) is 36.4 Å². The lowest BCUT2D eigenvalue weighted by Gasteiger charge is -2.06. The lowest BCUT2D eigenvalue weighted by atomic mass is 10.2. The van der Waals surface area contributed by atoms with Crippen molar-refractivity contribution in [2.24, 2.45) is 5.10 Å². The Balaban J connectivity index is 2.03. The molecule has 0 aliphatic carbocycles. The van der Waals surface area contributed by atoms with E-state index in [-0.39, 0.29) is 5.91 Å². The van der Waals surface area contributed by atoms with Crippen LogP contribution in [0.5, 0.6) is 5.75 Å². The predicted octanol–water partition coefficient (Wildman–Crippen LogP) is 3.62. The Hall–Kier alpha value is -2.15. The van der Waals surface area contributed by atoms with Gasteiger partial charge in [0.15, 0.2) is 0 Å². The van der Waals surface area contributed by atoms with Gasteiger partial charge in [-0.15, -0.1) is 0 Å². The summed E-state index contributed by atoms with van der Waals surface area (Å²) in [5.41, 5.74) is 3.86. The quantitative estimate of drug-likeness (QED) is 0.345. The summed E-state index contributed by atoms with van der Waals surface area (Å²) in [4.78, 5) is 12.0. The van der Waals surface area contributed by atoms with Crippen LogP contribution in [0, 0.1) is 3.57 Å². The van der Waals surface area contributed by atoms with Crippen molar-refractivity contribution in [3.05, 3.63) is 75.9 Å². The first-order valence-corrected chi connectivity index (χ1v) is 7.70. The van der Waals surface area contributed by atoms with E-state index in [1.165, 1.54) is 0 Å². The highest BCUT2D eigenvalue weighted by Gasteiger charge is 2.04. The third kappa shape index (κ3) is 4.70. The fourth-order valence-electron chi connectivity index (χ4n) is 1.72. The molecule has 0 aromatic heterocycles. The van der Waals surface area contributed by atoms with Crippen molar-refractivity contribution in [2.75, 3.05) is 6.61 Å². The normalized spacial score (nSPS) is 10.4. The number of carbonyl (C=O) groups is 1. The molecule has 2 aromatic carbocycles. The third-order valence-corrected chi connectivity index (χ3v) is 3.40. The Kier molecular flexibility index (Phi) is 6.14. The molecule has 0 spiro atoms. The van der Waals surface area contributed by atoms with Crippen molar-refractivity contribution in [2.45, 2.75) is 0 Å². The first kappa shape index (κ1) is 16.2. The lowest BCUT2D eigenvalue weighted by Crippen LogP contribution is -2.17. The van der Waals surface area contributed by atoms with Gasteiger partial charge in [0.1, 0.15) is 12.4 Å². The molecule has 0 saturated carbocycles. The van der Waals surface area contributed by atoms with Crippen LogP contribution in [0.2, 0.25) is 0 Å². The number of nitrogens with one attached hydrogen (secondary N) is 1. The number of rotatable bonds is 6. The van der Waals surface area contributed by atoms with E-state index >= 15 is 0 Å². The average molecular weight is 406 g/mol. The van der Waals surface area contributed by atoms with Gasteiger partial charge in [-0.25, -0.2) is 5.43 Å². The van der Waals surface area contributed by atoms with E-state index in [9.17, 15) is 4.79 Å². The van der Waals surface area contributed by atoms with E-state index in [4.69, 9.17) is 4.74 Å². The van der Waals surface area contributed by atoms with E-state index in [0.29, 0.717) is 17.9 Å². The van der Waals surface area contributed by atoms with Gasteiger partial charge in [0.25, 0.3) is 5.91 Å². The summed E-state index contributed by atoms with van der Waals surface area (Å²) >= 11 is 2.16. The highest BCUT2D eigenvalue weighted by molar-refractivity contribution is 14.1. The smallest absolute Gasteiger partial charge is 0.271 e. The van der Waals surface area contributed by atoms with Crippen molar-refractivity contribution in [3.8, 4) is 5.75 Å². The van der Waals surface area contributed by atoms with Gasteiger partial charge in [-0.1, -0.05) is 30.9 Å². The third-order valence-electron chi connectivity index (χ3n) is 2.73. The van der Waals surface area contributed by atoms with Gasteiger partial charge >= 0.3 is 0 Å². The zero-order chi connectivity index (χ0) is 15.8. The topological polar surface area (TPSA) is 50.7 Å². The Morgan fingerprint density at radius 2 is 2.09 bits per heavy atom. The fourth-order valence-corrected chi connectivity index (χ4v) is 2.27. The van der Waals surface area contributed by atoms with Crippen LogP contribution < -0.4 is 10.2 Å². The van der Waals surface area contributed by atoms with Gasteiger partial charge < -0.3 is 4.74 Å². The van der Waals surface area contributed by atoms with Crippen molar-refractivity contribution >= 4 is 34.7 Å². The second-order valence-electron chi connectivity index (χ2n) is 4.35. The van der Waals surface area contributed by atoms with E-state index in [1.54, 1.807) is 24.4 Å². The number of benzene rings is 2. The molecule has 0 heterocycles. The molecule has 0 bridgehead atoms.